The molecule has 1 aliphatic carbocycles. The quantitative estimate of drug-likeness (QED) is 0.727. The average Bonchev–Trinajstić information content (AvgIpc) is 2.80. The maximum atomic E-state index is 13.4. The molecular formula is C26H32N2O4. The number of rotatable bonds is 5. The van der Waals surface area contributed by atoms with E-state index < -0.39 is 5.41 Å². The molecule has 1 saturated heterocycles. The minimum atomic E-state index is -0.809. The van der Waals surface area contributed by atoms with Crippen LogP contribution in [0.4, 0.5) is 0 Å². The SMILES string of the molecule is CCOC(=O)C1(Cc2ccccc2C)CCCN(C(=O)c2cc3c([nH]c2=O)CCCC3)C1. The van der Waals surface area contributed by atoms with Gasteiger partial charge in [0, 0.05) is 18.8 Å². The van der Waals surface area contributed by atoms with Crippen LogP contribution in [0.1, 0.15) is 65.3 Å². The number of nitrogens with one attached hydrogen (secondary N) is 1. The van der Waals surface area contributed by atoms with Crippen LogP contribution in [0.5, 0.6) is 0 Å². The Hall–Kier alpha value is -2.89. The Kier molecular flexibility index (Phi) is 6.49. The number of pyridine rings is 1. The standard InChI is InChI=1S/C26H32N2O4/c1-3-32-25(31)26(16-20-11-5-4-9-18(20)2)13-8-14-28(17-26)24(30)21-15-19-10-6-7-12-22(19)27-23(21)29/h4-5,9,11,15H,3,6-8,10,12-14,16-17H2,1-2H3,(H,27,29). The van der Waals surface area contributed by atoms with Crippen molar-refractivity contribution in [3.05, 3.63) is 68.6 Å². The Bertz CT molecular complexity index is 1070. The van der Waals surface area contributed by atoms with Crippen LogP contribution in [0.2, 0.25) is 0 Å². The number of aryl methyl sites for hydroxylation is 3. The molecule has 170 valence electrons. The molecule has 1 aromatic carbocycles. The van der Waals surface area contributed by atoms with Crippen molar-refractivity contribution < 1.29 is 14.3 Å². The Morgan fingerprint density at radius 2 is 1.94 bits per heavy atom. The number of fused-ring (bicyclic) bond motifs is 1. The third-order valence-corrected chi connectivity index (χ3v) is 6.93. The van der Waals surface area contributed by atoms with Gasteiger partial charge in [0.05, 0.1) is 12.0 Å². The number of aromatic amines is 1. The van der Waals surface area contributed by atoms with Crippen LogP contribution in [-0.4, -0.2) is 41.5 Å². The van der Waals surface area contributed by atoms with Gasteiger partial charge >= 0.3 is 5.97 Å². The first-order chi connectivity index (χ1) is 15.4. The third-order valence-electron chi connectivity index (χ3n) is 6.93. The van der Waals surface area contributed by atoms with E-state index in [0.29, 0.717) is 32.4 Å². The number of carbonyl (C=O) groups is 2. The van der Waals surface area contributed by atoms with Crippen LogP contribution >= 0.6 is 0 Å². The van der Waals surface area contributed by atoms with E-state index in [4.69, 9.17) is 4.74 Å². The first kappa shape index (κ1) is 22.3. The van der Waals surface area contributed by atoms with Crippen LogP contribution in [0.3, 0.4) is 0 Å². The molecule has 2 aromatic rings. The summed E-state index contributed by atoms with van der Waals surface area (Å²) in [5.41, 5.74) is 3.26. The number of likely N-dealkylation sites (tertiary alicyclic amines) is 1. The second-order valence-corrected chi connectivity index (χ2v) is 9.16. The van der Waals surface area contributed by atoms with E-state index in [9.17, 15) is 14.4 Å². The molecule has 1 aliphatic heterocycles. The van der Waals surface area contributed by atoms with Gasteiger partial charge in [-0.2, -0.15) is 0 Å². The van der Waals surface area contributed by atoms with Gasteiger partial charge in [0.2, 0.25) is 0 Å². The van der Waals surface area contributed by atoms with E-state index in [-0.39, 0.29) is 29.5 Å². The predicted molar refractivity (Wildman–Crippen MR) is 123 cm³/mol. The van der Waals surface area contributed by atoms with E-state index in [1.807, 2.05) is 31.2 Å². The van der Waals surface area contributed by atoms with Crippen molar-refractivity contribution in [3.63, 3.8) is 0 Å². The predicted octanol–water partition coefficient (Wildman–Crippen LogP) is 3.59. The number of hydrogen-bond acceptors (Lipinski definition) is 4. The summed E-state index contributed by atoms with van der Waals surface area (Å²) in [5.74, 6) is -0.558. The summed E-state index contributed by atoms with van der Waals surface area (Å²) >= 11 is 0. The third kappa shape index (κ3) is 4.36. The number of benzene rings is 1. The molecule has 1 fully saturated rings. The van der Waals surface area contributed by atoms with Crippen LogP contribution in [0.15, 0.2) is 35.1 Å². The molecule has 1 N–H and O–H groups in total. The van der Waals surface area contributed by atoms with Gasteiger partial charge in [-0.3, -0.25) is 14.4 Å². The fourth-order valence-corrected chi connectivity index (χ4v) is 5.15. The summed E-state index contributed by atoms with van der Waals surface area (Å²) < 4.78 is 5.48. The fraction of sp³-hybridized carbons (Fsp3) is 0.500. The van der Waals surface area contributed by atoms with Gasteiger partial charge in [-0.1, -0.05) is 24.3 Å². The summed E-state index contributed by atoms with van der Waals surface area (Å²) in [6.07, 6.45) is 5.73. The van der Waals surface area contributed by atoms with Crippen LogP contribution in [-0.2, 0) is 28.8 Å². The summed E-state index contributed by atoms with van der Waals surface area (Å²) in [6, 6.07) is 9.80. The highest BCUT2D eigenvalue weighted by atomic mass is 16.5. The molecule has 1 atom stereocenters. The molecule has 1 amide bonds. The molecule has 1 unspecified atom stereocenters. The number of amides is 1. The molecule has 6 heteroatoms. The molecule has 32 heavy (non-hydrogen) atoms. The van der Waals surface area contributed by atoms with Gasteiger partial charge in [0.15, 0.2) is 0 Å². The summed E-state index contributed by atoms with van der Waals surface area (Å²) in [7, 11) is 0. The van der Waals surface area contributed by atoms with E-state index in [2.05, 4.69) is 4.98 Å². The van der Waals surface area contributed by atoms with Gasteiger partial charge < -0.3 is 14.6 Å². The van der Waals surface area contributed by atoms with Crippen molar-refractivity contribution in [3.8, 4) is 0 Å². The van der Waals surface area contributed by atoms with Crippen LogP contribution in [0, 0.1) is 12.3 Å². The monoisotopic (exact) mass is 436 g/mol. The highest BCUT2D eigenvalue weighted by Crippen LogP contribution is 2.36. The minimum absolute atomic E-state index is 0.182. The maximum Gasteiger partial charge on any atom is 0.314 e. The Morgan fingerprint density at radius 3 is 2.72 bits per heavy atom. The Labute approximate surface area is 189 Å². The smallest absolute Gasteiger partial charge is 0.314 e. The molecule has 2 aliphatic rings. The number of aromatic nitrogens is 1. The number of carbonyl (C=O) groups excluding carboxylic acids is 2. The highest BCUT2D eigenvalue weighted by Gasteiger charge is 2.45. The van der Waals surface area contributed by atoms with Gasteiger partial charge in [0.1, 0.15) is 5.56 Å². The molecule has 4 rings (SSSR count). The van der Waals surface area contributed by atoms with Gasteiger partial charge in [-0.15, -0.1) is 0 Å². The first-order valence-electron chi connectivity index (χ1n) is 11.7. The van der Waals surface area contributed by atoms with E-state index >= 15 is 0 Å². The summed E-state index contributed by atoms with van der Waals surface area (Å²) in [4.78, 5) is 43.9. The zero-order valence-electron chi connectivity index (χ0n) is 19.0. The Balaban J connectivity index is 1.64. The van der Waals surface area contributed by atoms with Crippen LogP contribution < -0.4 is 5.56 Å². The van der Waals surface area contributed by atoms with Crippen molar-refractivity contribution in [2.75, 3.05) is 19.7 Å². The van der Waals surface area contributed by atoms with Crippen molar-refractivity contribution in [1.82, 2.24) is 9.88 Å². The van der Waals surface area contributed by atoms with E-state index in [0.717, 1.165) is 48.1 Å². The minimum Gasteiger partial charge on any atom is -0.466 e. The van der Waals surface area contributed by atoms with Gasteiger partial charge in [0.25, 0.3) is 11.5 Å². The van der Waals surface area contributed by atoms with Crippen molar-refractivity contribution in [2.45, 2.75) is 58.8 Å². The lowest BCUT2D eigenvalue weighted by Gasteiger charge is -2.41. The lowest BCUT2D eigenvalue weighted by atomic mass is 9.74. The van der Waals surface area contributed by atoms with Gasteiger partial charge in [-0.05, 0) is 81.5 Å². The molecule has 2 heterocycles. The number of hydrogen-bond donors (Lipinski definition) is 1. The Morgan fingerprint density at radius 1 is 1.16 bits per heavy atom. The second-order valence-electron chi connectivity index (χ2n) is 9.16. The zero-order chi connectivity index (χ0) is 22.7. The molecule has 0 spiro atoms. The number of piperidine rings is 1. The average molecular weight is 437 g/mol. The summed E-state index contributed by atoms with van der Waals surface area (Å²) in [5, 5.41) is 0. The largest absolute Gasteiger partial charge is 0.466 e. The number of esters is 1. The maximum absolute atomic E-state index is 13.4. The van der Waals surface area contributed by atoms with E-state index in [1.54, 1.807) is 17.9 Å². The molecule has 0 radical (unpaired) electrons. The first-order valence-corrected chi connectivity index (χ1v) is 11.7. The lowest BCUT2D eigenvalue weighted by Crippen LogP contribution is -2.52. The highest BCUT2D eigenvalue weighted by molar-refractivity contribution is 5.94. The van der Waals surface area contributed by atoms with Crippen molar-refractivity contribution in [2.24, 2.45) is 5.41 Å². The van der Waals surface area contributed by atoms with Crippen molar-refractivity contribution in [1.29, 1.82) is 0 Å². The van der Waals surface area contributed by atoms with Crippen LogP contribution in [0.25, 0.3) is 0 Å². The fourth-order valence-electron chi connectivity index (χ4n) is 5.15. The zero-order valence-corrected chi connectivity index (χ0v) is 19.0. The normalized spacial score (nSPS) is 20.5. The molecule has 1 aromatic heterocycles. The molecule has 6 nitrogen and oxygen atoms in total. The summed E-state index contributed by atoms with van der Waals surface area (Å²) in [6.45, 7) is 4.93. The number of nitrogens with zero attached hydrogens (tertiary/aromatic N) is 1. The number of ether oxygens (including phenoxy) is 1. The lowest BCUT2D eigenvalue weighted by molar-refractivity contribution is -0.158. The van der Waals surface area contributed by atoms with Crippen molar-refractivity contribution >= 4 is 11.9 Å². The number of H-pyrrole nitrogens is 1. The molecule has 0 bridgehead atoms. The second kappa shape index (κ2) is 9.31. The molecule has 0 saturated carbocycles. The topological polar surface area (TPSA) is 79.5 Å². The van der Waals surface area contributed by atoms with E-state index in [1.165, 1.54) is 0 Å². The van der Waals surface area contributed by atoms with Gasteiger partial charge in [-0.25, -0.2) is 0 Å². The molecular weight excluding hydrogens is 404 g/mol.